The topological polar surface area (TPSA) is 65.4 Å². The summed E-state index contributed by atoms with van der Waals surface area (Å²) in [6, 6.07) is 5.61. The molecule has 0 atom stereocenters. The van der Waals surface area contributed by atoms with Gasteiger partial charge in [-0.15, -0.1) is 0 Å². The summed E-state index contributed by atoms with van der Waals surface area (Å²) in [6.45, 7) is 6.57. The van der Waals surface area contributed by atoms with Crippen LogP contribution in [0.1, 0.15) is 36.7 Å². The van der Waals surface area contributed by atoms with E-state index in [4.69, 9.17) is 9.47 Å². The number of nitrogens with zero attached hydrogens (tertiary/aromatic N) is 2. The minimum atomic E-state index is -0.202. The molecule has 6 heteroatoms. The SMILES string of the molecule is CCCCOc1ccc(/C=C/C(=O)Nc2c(C)nn(C)c2C)cc1OC. The van der Waals surface area contributed by atoms with Crippen molar-refractivity contribution in [3.8, 4) is 11.5 Å². The zero-order valence-electron chi connectivity index (χ0n) is 16.1. The monoisotopic (exact) mass is 357 g/mol. The molecule has 26 heavy (non-hydrogen) atoms. The first-order chi connectivity index (χ1) is 12.5. The molecule has 0 fully saturated rings. The highest BCUT2D eigenvalue weighted by Gasteiger charge is 2.11. The van der Waals surface area contributed by atoms with Crippen LogP contribution in [0.5, 0.6) is 11.5 Å². The van der Waals surface area contributed by atoms with Crippen LogP contribution in [-0.4, -0.2) is 29.4 Å². The van der Waals surface area contributed by atoms with Crippen LogP contribution in [0, 0.1) is 13.8 Å². The van der Waals surface area contributed by atoms with Crippen LogP contribution in [0.25, 0.3) is 6.08 Å². The van der Waals surface area contributed by atoms with Gasteiger partial charge >= 0.3 is 0 Å². The summed E-state index contributed by atoms with van der Waals surface area (Å²) >= 11 is 0. The standard InChI is InChI=1S/C20H27N3O3/c1-6-7-12-26-17-10-8-16(13-18(17)25-5)9-11-19(24)21-20-14(2)22-23(4)15(20)3/h8-11,13H,6-7,12H2,1-5H3,(H,21,24)/b11-9+. The highest BCUT2D eigenvalue weighted by molar-refractivity contribution is 6.02. The third-order valence-electron chi connectivity index (χ3n) is 4.13. The van der Waals surface area contributed by atoms with Crippen molar-refractivity contribution in [2.24, 2.45) is 7.05 Å². The van der Waals surface area contributed by atoms with Crippen molar-refractivity contribution >= 4 is 17.7 Å². The lowest BCUT2D eigenvalue weighted by Gasteiger charge is -2.11. The summed E-state index contributed by atoms with van der Waals surface area (Å²) in [6.07, 6.45) is 5.32. The van der Waals surface area contributed by atoms with E-state index in [-0.39, 0.29) is 5.91 Å². The summed E-state index contributed by atoms with van der Waals surface area (Å²) in [4.78, 5) is 12.2. The van der Waals surface area contributed by atoms with Crippen molar-refractivity contribution in [2.75, 3.05) is 19.0 Å². The molecule has 0 aliphatic rings. The molecule has 6 nitrogen and oxygen atoms in total. The van der Waals surface area contributed by atoms with Gasteiger partial charge in [-0.1, -0.05) is 19.4 Å². The molecule has 2 rings (SSSR count). The average molecular weight is 357 g/mol. The molecule has 0 aliphatic carbocycles. The van der Waals surface area contributed by atoms with E-state index in [2.05, 4.69) is 17.3 Å². The summed E-state index contributed by atoms with van der Waals surface area (Å²) in [7, 11) is 3.46. The van der Waals surface area contributed by atoms with E-state index in [0.717, 1.165) is 35.5 Å². The number of carbonyl (C=O) groups excluding carboxylic acids is 1. The van der Waals surface area contributed by atoms with Gasteiger partial charge < -0.3 is 14.8 Å². The van der Waals surface area contributed by atoms with Crippen LogP contribution < -0.4 is 14.8 Å². The third kappa shape index (κ3) is 4.88. The molecule has 0 aliphatic heterocycles. The fraction of sp³-hybridized carbons (Fsp3) is 0.400. The number of aromatic nitrogens is 2. The third-order valence-corrected chi connectivity index (χ3v) is 4.13. The van der Waals surface area contributed by atoms with Gasteiger partial charge in [-0.05, 0) is 44.0 Å². The highest BCUT2D eigenvalue weighted by atomic mass is 16.5. The van der Waals surface area contributed by atoms with Gasteiger partial charge in [0.1, 0.15) is 0 Å². The molecular weight excluding hydrogens is 330 g/mol. The first-order valence-corrected chi connectivity index (χ1v) is 8.76. The Kier molecular flexibility index (Phi) is 6.83. The van der Waals surface area contributed by atoms with E-state index in [1.165, 1.54) is 6.08 Å². The summed E-state index contributed by atoms with van der Waals surface area (Å²) in [5.74, 6) is 1.17. The van der Waals surface area contributed by atoms with Crippen molar-refractivity contribution in [2.45, 2.75) is 33.6 Å². The molecule has 1 aromatic heterocycles. The maximum Gasteiger partial charge on any atom is 0.248 e. The van der Waals surface area contributed by atoms with E-state index in [9.17, 15) is 4.79 Å². The summed E-state index contributed by atoms with van der Waals surface area (Å²) in [5.41, 5.74) is 3.32. The van der Waals surface area contributed by atoms with Gasteiger partial charge in [0.2, 0.25) is 5.91 Å². The Morgan fingerprint density at radius 3 is 2.69 bits per heavy atom. The van der Waals surface area contributed by atoms with Crippen LogP contribution in [-0.2, 0) is 11.8 Å². The van der Waals surface area contributed by atoms with Crippen molar-refractivity contribution in [1.29, 1.82) is 0 Å². The molecule has 1 amide bonds. The van der Waals surface area contributed by atoms with Gasteiger partial charge in [0.25, 0.3) is 0 Å². The number of unbranched alkanes of at least 4 members (excludes halogenated alkanes) is 1. The Bertz CT molecular complexity index is 794. The van der Waals surface area contributed by atoms with Crippen LogP contribution in [0.15, 0.2) is 24.3 Å². The maximum absolute atomic E-state index is 12.2. The molecule has 0 bridgehead atoms. The lowest BCUT2D eigenvalue weighted by molar-refractivity contribution is -0.111. The van der Waals surface area contributed by atoms with Gasteiger partial charge in [-0.25, -0.2) is 0 Å². The number of nitrogens with one attached hydrogen (secondary N) is 1. The van der Waals surface area contributed by atoms with Gasteiger partial charge in [-0.2, -0.15) is 5.10 Å². The second-order valence-corrected chi connectivity index (χ2v) is 6.10. The Morgan fingerprint density at radius 1 is 1.31 bits per heavy atom. The lowest BCUT2D eigenvalue weighted by atomic mass is 10.2. The number of anilines is 1. The van der Waals surface area contributed by atoms with Gasteiger partial charge in [-0.3, -0.25) is 9.48 Å². The number of carbonyl (C=O) groups is 1. The van der Waals surface area contributed by atoms with Crippen LogP contribution in [0.4, 0.5) is 5.69 Å². The normalized spacial score (nSPS) is 11.0. The molecule has 0 unspecified atom stereocenters. The minimum Gasteiger partial charge on any atom is -0.493 e. The number of hydrogen-bond acceptors (Lipinski definition) is 4. The molecule has 140 valence electrons. The van der Waals surface area contributed by atoms with E-state index < -0.39 is 0 Å². The number of benzene rings is 1. The number of hydrogen-bond donors (Lipinski definition) is 1. The van der Waals surface area contributed by atoms with Crippen molar-refractivity contribution in [1.82, 2.24) is 9.78 Å². The Morgan fingerprint density at radius 2 is 2.08 bits per heavy atom. The smallest absolute Gasteiger partial charge is 0.248 e. The Balaban J connectivity index is 2.05. The summed E-state index contributed by atoms with van der Waals surface area (Å²) < 4.78 is 12.8. The molecule has 0 radical (unpaired) electrons. The molecular formula is C20H27N3O3. The largest absolute Gasteiger partial charge is 0.493 e. The van der Waals surface area contributed by atoms with E-state index >= 15 is 0 Å². The Labute approximate surface area is 154 Å². The molecule has 1 heterocycles. The predicted octanol–water partition coefficient (Wildman–Crippen LogP) is 3.88. The number of amides is 1. The van der Waals surface area contributed by atoms with Crippen LogP contribution in [0.2, 0.25) is 0 Å². The fourth-order valence-electron chi connectivity index (χ4n) is 2.52. The molecule has 0 saturated heterocycles. The zero-order chi connectivity index (χ0) is 19.1. The molecule has 1 aromatic carbocycles. The second-order valence-electron chi connectivity index (χ2n) is 6.10. The first kappa shape index (κ1) is 19.6. The van der Waals surface area contributed by atoms with Gasteiger partial charge in [0.15, 0.2) is 11.5 Å². The van der Waals surface area contributed by atoms with E-state index in [1.807, 2.05) is 39.1 Å². The van der Waals surface area contributed by atoms with Crippen molar-refractivity contribution in [3.63, 3.8) is 0 Å². The number of methoxy groups -OCH3 is 1. The second kappa shape index (κ2) is 9.08. The number of rotatable bonds is 8. The number of aryl methyl sites for hydroxylation is 2. The Hall–Kier alpha value is -2.76. The lowest BCUT2D eigenvalue weighted by Crippen LogP contribution is -2.09. The molecule has 2 aromatic rings. The molecule has 0 spiro atoms. The predicted molar refractivity (Wildman–Crippen MR) is 104 cm³/mol. The van der Waals surface area contributed by atoms with Crippen LogP contribution in [0.3, 0.4) is 0 Å². The molecule has 0 saturated carbocycles. The average Bonchev–Trinajstić information content (AvgIpc) is 2.87. The van der Waals surface area contributed by atoms with Gasteiger partial charge in [0.05, 0.1) is 30.8 Å². The van der Waals surface area contributed by atoms with E-state index in [1.54, 1.807) is 17.9 Å². The summed E-state index contributed by atoms with van der Waals surface area (Å²) in [5, 5.41) is 7.17. The molecule has 1 N–H and O–H groups in total. The van der Waals surface area contributed by atoms with Crippen molar-refractivity contribution < 1.29 is 14.3 Å². The quantitative estimate of drug-likeness (QED) is 0.575. The minimum absolute atomic E-state index is 0.202. The zero-order valence-corrected chi connectivity index (χ0v) is 16.1. The fourth-order valence-corrected chi connectivity index (χ4v) is 2.52. The first-order valence-electron chi connectivity index (χ1n) is 8.76. The van der Waals surface area contributed by atoms with Gasteiger partial charge in [0, 0.05) is 13.1 Å². The highest BCUT2D eigenvalue weighted by Crippen LogP contribution is 2.28. The maximum atomic E-state index is 12.2. The van der Waals surface area contributed by atoms with E-state index in [0.29, 0.717) is 18.1 Å². The van der Waals surface area contributed by atoms with Crippen molar-refractivity contribution in [3.05, 3.63) is 41.2 Å². The number of ether oxygens (including phenoxy) is 2. The van der Waals surface area contributed by atoms with Crippen LogP contribution >= 0.6 is 0 Å².